The number of hydrogen-bond acceptors (Lipinski definition) is 3. The molecule has 2 aromatic carbocycles. The zero-order valence-corrected chi connectivity index (χ0v) is 15.6. The molecule has 1 amide bonds. The second-order valence-corrected chi connectivity index (χ2v) is 6.76. The Hall–Kier alpha value is -2.33. The number of nitrogens with zero attached hydrogens (tertiary/aromatic N) is 1. The molecule has 0 atom stereocenters. The molecule has 0 saturated carbocycles. The van der Waals surface area contributed by atoms with Crippen molar-refractivity contribution in [1.29, 1.82) is 0 Å². The summed E-state index contributed by atoms with van der Waals surface area (Å²) in [6.45, 7) is 5.62. The van der Waals surface area contributed by atoms with Gasteiger partial charge >= 0.3 is 0 Å². The SMILES string of the molecule is CC(C)c1ccccc1OCC(=O)NCc1ccccc1CN(C)C. The molecule has 25 heavy (non-hydrogen) atoms. The quantitative estimate of drug-likeness (QED) is 0.799. The molecule has 0 radical (unpaired) electrons. The summed E-state index contributed by atoms with van der Waals surface area (Å²) in [5.41, 5.74) is 3.47. The summed E-state index contributed by atoms with van der Waals surface area (Å²) in [4.78, 5) is 14.3. The second kappa shape index (κ2) is 9.23. The summed E-state index contributed by atoms with van der Waals surface area (Å²) in [5.74, 6) is 1.02. The van der Waals surface area contributed by atoms with Crippen LogP contribution in [0.15, 0.2) is 48.5 Å². The fourth-order valence-electron chi connectivity index (χ4n) is 2.70. The van der Waals surface area contributed by atoms with Gasteiger partial charge in [0.1, 0.15) is 5.75 Å². The van der Waals surface area contributed by atoms with Crippen LogP contribution in [0.3, 0.4) is 0 Å². The highest BCUT2D eigenvalue weighted by molar-refractivity contribution is 5.77. The summed E-state index contributed by atoms with van der Waals surface area (Å²) in [5, 5.41) is 2.95. The van der Waals surface area contributed by atoms with Crippen molar-refractivity contribution >= 4 is 5.91 Å². The largest absolute Gasteiger partial charge is 0.483 e. The molecule has 0 spiro atoms. The molecule has 4 nitrogen and oxygen atoms in total. The lowest BCUT2D eigenvalue weighted by Gasteiger charge is -2.16. The number of rotatable bonds is 8. The number of benzene rings is 2. The fourth-order valence-corrected chi connectivity index (χ4v) is 2.70. The molecule has 0 aliphatic carbocycles. The molecule has 0 heterocycles. The average molecular weight is 340 g/mol. The van der Waals surface area contributed by atoms with Crippen molar-refractivity contribution in [2.24, 2.45) is 0 Å². The highest BCUT2D eigenvalue weighted by Gasteiger charge is 2.10. The van der Waals surface area contributed by atoms with Gasteiger partial charge in [-0.15, -0.1) is 0 Å². The van der Waals surface area contributed by atoms with Gasteiger partial charge in [0.2, 0.25) is 0 Å². The van der Waals surface area contributed by atoms with E-state index >= 15 is 0 Å². The zero-order chi connectivity index (χ0) is 18.2. The van der Waals surface area contributed by atoms with Crippen molar-refractivity contribution in [2.75, 3.05) is 20.7 Å². The van der Waals surface area contributed by atoms with E-state index in [1.165, 1.54) is 5.56 Å². The van der Waals surface area contributed by atoms with E-state index in [-0.39, 0.29) is 12.5 Å². The van der Waals surface area contributed by atoms with Crippen molar-refractivity contribution in [3.8, 4) is 5.75 Å². The molecule has 4 heteroatoms. The molecule has 134 valence electrons. The Kier molecular flexibility index (Phi) is 7.02. The Morgan fingerprint density at radius 1 is 1.04 bits per heavy atom. The second-order valence-electron chi connectivity index (χ2n) is 6.76. The number of carbonyl (C=O) groups is 1. The molecule has 0 bridgehead atoms. The lowest BCUT2D eigenvalue weighted by molar-refractivity contribution is -0.123. The maximum absolute atomic E-state index is 12.2. The van der Waals surface area contributed by atoms with Gasteiger partial charge in [-0.3, -0.25) is 4.79 Å². The van der Waals surface area contributed by atoms with E-state index in [0.717, 1.165) is 23.4 Å². The summed E-state index contributed by atoms with van der Waals surface area (Å²) < 4.78 is 5.72. The molecular formula is C21H28N2O2. The van der Waals surface area contributed by atoms with Gasteiger partial charge in [-0.1, -0.05) is 56.3 Å². The van der Waals surface area contributed by atoms with Gasteiger partial charge in [0.05, 0.1) is 0 Å². The molecule has 2 aromatic rings. The van der Waals surface area contributed by atoms with Crippen LogP contribution in [0.5, 0.6) is 5.75 Å². The van der Waals surface area contributed by atoms with Crippen molar-refractivity contribution < 1.29 is 9.53 Å². The molecule has 0 saturated heterocycles. The first-order valence-electron chi connectivity index (χ1n) is 8.67. The Labute approximate surface area is 150 Å². The number of carbonyl (C=O) groups excluding carboxylic acids is 1. The van der Waals surface area contributed by atoms with Gasteiger partial charge in [-0.25, -0.2) is 0 Å². The number of hydrogen-bond donors (Lipinski definition) is 1. The monoisotopic (exact) mass is 340 g/mol. The number of nitrogens with one attached hydrogen (secondary N) is 1. The van der Waals surface area contributed by atoms with Crippen LogP contribution in [0.4, 0.5) is 0 Å². The molecular weight excluding hydrogens is 312 g/mol. The molecule has 0 aromatic heterocycles. The minimum Gasteiger partial charge on any atom is -0.483 e. The van der Waals surface area contributed by atoms with Crippen LogP contribution < -0.4 is 10.1 Å². The van der Waals surface area contributed by atoms with E-state index in [1.807, 2.05) is 56.6 Å². The van der Waals surface area contributed by atoms with Gasteiger partial charge < -0.3 is 15.0 Å². The van der Waals surface area contributed by atoms with Gasteiger partial charge in [0.15, 0.2) is 6.61 Å². The predicted molar refractivity (Wildman–Crippen MR) is 102 cm³/mol. The van der Waals surface area contributed by atoms with E-state index in [2.05, 4.69) is 30.1 Å². The smallest absolute Gasteiger partial charge is 0.258 e. The van der Waals surface area contributed by atoms with Crippen LogP contribution in [0.2, 0.25) is 0 Å². The van der Waals surface area contributed by atoms with E-state index in [4.69, 9.17) is 4.74 Å². The Morgan fingerprint density at radius 2 is 1.68 bits per heavy atom. The van der Waals surface area contributed by atoms with Crippen LogP contribution in [0.1, 0.15) is 36.5 Å². The van der Waals surface area contributed by atoms with Crippen molar-refractivity contribution in [1.82, 2.24) is 10.2 Å². The van der Waals surface area contributed by atoms with Crippen LogP contribution in [-0.4, -0.2) is 31.5 Å². The topological polar surface area (TPSA) is 41.6 Å². The first kappa shape index (κ1) is 19.0. The summed E-state index contributed by atoms with van der Waals surface area (Å²) in [7, 11) is 4.07. The first-order valence-corrected chi connectivity index (χ1v) is 8.67. The Morgan fingerprint density at radius 3 is 2.36 bits per heavy atom. The number of para-hydroxylation sites is 1. The third-order valence-corrected chi connectivity index (χ3v) is 3.98. The van der Waals surface area contributed by atoms with Gasteiger partial charge in [0, 0.05) is 13.1 Å². The standard InChI is InChI=1S/C21H28N2O2/c1-16(2)19-11-7-8-12-20(19)25-15-21(24)22-13-17-9-5-6-10-18(17)14-23(3)4/h5-12,16H,13-15H2,1-4H3,(H,22,24). The minimum absolute atomic E-state index is 0.0274. The van der Waals surface area contributed by atoms with Crippen LogP contribution in [-0.2, 0) is 17.9 Å². The lowest BCUT2D eigenvalue weighted by atomic mass is 10.0. The number of ether oxygens (including phenoxy) is 1. The molecule has 2 rings (SSSR count). The Bertz CT molecular complexity index is 696. The fraction of sp³-hybridized carbons (Fsp3) is 0.381. The molecule has 1 N–H and O–H groups in total. The first-order chi connectivity index (χ1) is 12.0. The zero-order valence-electron chi connectivity index (χ0n) is 15.6. The highest BCUT2D eigenvalue weighted by Crippen LogP contribution is 2.25. The maximum atomic E-state index is 12.2. The van der Waals surface area contributed by atoms with E-state index in [0.29, 0.717) is 12.5 Å². The minimum atomic E-state index is -0.113. The maximum Gasteiger partial charge on any atom is 0.258 e. The molecule has 0 aliphatic rings. The average Bonchev–Trinajstić information content (AvgIpc) is 2.59. The van der Waals surface area contributed by atoms with E-state index < -0.39 is 0 Å². The lowest BCUT2D eigenvalue weighted by Crippen LogP contribution is -2.29. The van der Waals surface area contributed by atoms with Gasteiger partial charge in [-0.2, -0.15) is 0 Å². The molecule has 0 unspecified atom stereocenters. The van der Waals surface area contributed by atoms with Gasteiger partial charge in [0.25, 0.3) is 5.91 Å². The van der Waals surface area contributed by atoms with Gasteiger partial charge in [-0.05, 0) is 42.8 Å². The summed E-state index contributed by atoms with van der Waals surface area (Å²) in [6, 6.07) is 16.0. The molecule has 0 fully saturated rings. The van der Waals surface area contributed by atoms with Crippen molar-refractivity contribution in [3.05, 3.63) is 65.2 Å². The van der Waals surface area contributed by atoms with Crippen molar-refractivity contribution in [2.45, 2.75) is 32.9 Å². The summed E-state index contributed by atoms with van der Waals surface area (Å²) in [6.07, 6.45) is 0. The normalized spacial score (nSPS) is 11.0. The highest BCUT2D eigenvalue weighted by atomic mass is 16.5. The Balaban J connectivity index is 1.90. The summed E-state index contributed by atoms with van der Waals surface area (Å²) >= 11 is 0. The third-order valence-electron chi connectivity index (χ3n) is 3.98. The van der Waals surface area contributed by atoms with Crippen LogP contribution >= 0.6 is 0 Å². The number of amides is 1. The van der Waals surface area contributed by atoms with Crippen molar-refractivity contribution in [3.63, 3.8) is 0 Å². The third kappa shape index (κ3) is 5.91. The predicted octanol–water partition coefficient (Wildman–Crippen LogP) is 3.57. The van der Waals surface area contributed by atoms with Crippen LogP contribution in [0.25, 0.3) is 0 Å². The molecule has 0 aliphatic heterocycles. The van der Waals surface area contributed by atoms with Crippen LogP contribution in [0, 0.1) is 0 Å². The van der Waals surface area contributed by atoms with E-state index in [9.17, 15) is 4.79 Å². The van der Waals surface area contributed by atoms with E-state index in [1.54, 1.807) is 0 Å².